The Morgan fingerprint density at radius 1 is 1.11 bits per heavy atom. The molecule has 0 spiro atoms. The van der Waals surface area contributed by atoms with Gasteiger partial charge in [-0.1, -0.05) is 36.4 Å². The van der Waals surface area contributed by atoms with Crippen molar-refractivity contribution >= 4 is 10.9 Å². The molecule has 0 N–H and O–H groups in total. The normalized spacial score (nSPS) is 10.8. The molecule has 0 atom stereocenters. The van der Waals surface area contributed by atoms with Crippen molar-refractivity contribution in [2.24, 2.45) is 7.05 Å². The molecule has 1 heterocycles. The van der Waals surface area contributed by atoms with Crippen molar-refractivity contribution < 1.29 is 4.74 Å². The summed E-state index contributed by atoms with van der Waals surface area (Å²) in [4.78, 5) is 0. The molecule has 0 saturated heterocycles. The molecule has 3 aromatic rings. The highest BCUT2D eigenvalue weighted by Crippen LogP contribution is 2.27. The minimum Gasteiger partial charge on any atom is -0.487 e. The Kier molecular flexibility index (Phi) is 2.95. The summed E-state index contributed by atoms with van der Waals surface area (Å²) in [7, 11) is 1.93. The molecule has 19 heavy (non-hydrogen) atoms. The van der Waals surface area contributed by atoms with Crippen LogP contribution < -0.4 is 4.74 Å². The summed E-state index contributed by atoms with van der Waals surface area (Å²) >= 11 is 0. The Labute approximate surface area is 112 Å². The first-order valence-corrected chi connectivity index (χ1v) is 6.34. The Morgan fingerprint density at radius 3 is 2.68 bits per heavy atom. The highest BCUT2D eigenvalue weighted by molar-refractivity contribution is 5.87. The van der Waals surface area contributed by atoms with Crippen LogP contribution in [0.15, 0.2) is 48.7 Å². The molecule has 0 aliphatic rings. The maximum absolute atomic E-state index is 5.90. The number of hydrogen-bond acceptors (Lipinski definition) is 2. The van der Waals surface area contributed by atoms with E-state index in [1.807, 2.05) is 42.2 Å². The van der Waals surface area contributed by atoms with Crippen LogP contribution in [0.2, 0.25) is 0 Å². The monoisotopic (exact) mass is 252 g/mol. The Hall–Kier alpha value is -2.29. The second-order valence-corrected chi connectivity index (χ2v) is 4.72. The number of aryl methyl sites for hydroxylation is 2. The fourth-order valence-corrected chi connectivity index (χ4v) is 2.18. The third kappa shape index (κ3) is 2.32. The van der Waals surface area contributed by atoms with E-state index < -0.39 is 0 Å². The van der Waals surface area contributed by atoms with E-state index in [1.165, 1.54) is 5.56 Å². The van der Waals surface area contributed by atoms with E-state index >= 15 is 0 Å². The van der Waals surface area contributed by atoms with Gasteiger partial charge in [-0.2, -0.15) is 5.10 Å². The second kappa shape index (κ2) is 4.76. The number of nitrogens with zero attached hydrogens (tertiary/aromatic N) is 2. The molecule has 96 valence electrons. The van der Waals surface area contributed by atoms with Gasteiger partial charge in [-0.3, -0.25) is 4.68 Å². The third-order valence-corrected chi connectivity index (χ3v) is 3.21. The Bertz CT molecular complexity index is 701. The highest BCUT2D eigenvalue weighted by atomic mass is 16.5. The van der Waals surface area contributed by atoms with E-state index in [-0.39, 0.29) is 0 Å². The first-order chi connectivity index (χ1) is 9.24. The summed E-state index contributed by atoms with van der Waals surface area (Å²) in [5, 5.41) is 5.62. The fourth-order valence-electron chi connectivity index (χ4n) is 2.18. The highest BCUT2D eigenvalue weighted by Gasteiger charge is 2.08. The van der Waals surface area contributed by atoms with Crippen molar-refractivity contribution in [2.45, 2.75) is 13.5 Å². The summed E-state index contributed by atoms with van der Waals surface area (Å²) in [5.41, 5.74) is 3.31. The minimum absolute atomic E-state index is 0.565. The smallest absolute Gasteiger partial charge is 0.147 e. The predicted molar refractivity (Wildman–Crippen MR) is 76.2 cm³/mol. The average Bonchev–Trinajstić information content (AvgIpc) is 2.82. The molecule has 0 fully saturated rings. The number of benzene rings is 2. The van der Waals surface area contributed by atoms with Crippen LogP contribution >= 0.6 is 0 Å². The van der Waals surface area contributed by atoms with Crippen LogP contribution in [0, 0.1) is 6.92 Å². The van der Waals surface area contributed by atoms with Crippen LogP contribution in [0.25, 0.3) is 10.9 Å². The van der Waals surface area contributed by atoms with Crippen molar-refractivity contribution in [3.63, 3.8) is 0 Å². The van der Waals surface area contributed by atoms with Gasteiger partial charge in [0, 0.05) is 18.6 Å². The quantitative estimate of drug-likeness (QED) is 0.713. The molecular formula is C16H16N2O. The summed E-state index contributed by atoms with van der Waals surface area (Å²) in [6, 6.07) is 14.2. The van der Waals surface area contributed by atoms with Gasteiger partial charge in [0.05, 0.1) is 0 Å². The van der Waals surface area contributed by atoms with Crippen LogP contribution in [-0.2, 0) is 13.7 Å². The maximum Gasteiger partial charge on any atom is 0.147 e. The van der Waals surface area contributed by atoms with Crippen molar-refractivity contribution in [2.75, 3.05) is 0 Å². The Morgan fingerprint density at radius 2 is 1.89 bits per heavy atom. The lowest BCUT2D eigenvalue weighted by molar-refractivity contribution is 0.309. The van der Waals surface area contributed by atoms with Crippen LogP contribution in [0.3, 0.4) is 0 Å². The topological polar surface area (TPSA) is 27.1 Å². The number of aromatic nitrogens is 2. The van der Waals surface area contributed by atoms with Gasteiger partial charge in [-0.05, 0) is 24.1 Å². The molecule has 0 radical (unpaired) electrons. The SMILES string of the molecule is Cc1ccc(OCc2ccccc2)c2nn(C)cc12. The van der Waals surface area contributed by atoms with Gasteiger partial charge in [0.1, 0.15) is 17.9 Å². The molecule has 0 aliphatic carbocycles. The lowest BCUT2D eigenvalue weighted by atomic mass is 10.1. The first-order valence-electron chi connectivity index (χ1n) is 6.34. The van der Waals surface area contributed by atoms with Gasteiger partial charge in [0.25, 0.3) is 0 Å². The molecule has 3 nitrogen and oxygen atoms in total. The van der Waals surface area contributed by atoms with Crippen LogP contribution in [0.4, 0.5) is 0 Å². The number of rotatable bonds is 3. The molecule has 0 saturated carbocycles. The van der Waals surface area contributed by atoms with Gasteiger partial charge >= 0.3 is 0 Å². The van der Waals surface area contributed by atoms with Crippen molar-refractivity contribution in [3.05, 3.63) is 59.8 Å². The molecule has 0 aliphatic heterocycles. The molecule has 0 unspecified atom stereocenters. The zero-order valence-electron chi connectivity index (χ0n) is 11.1. The van der Waals surface area contributed by atoms with Gasteiger partial charge in [-0.25, -0.2) is 0 Å². The second-order valence-electron chi connectivity index (χ2n) is 4.72. The summed E-state index contributed by atoms with van der Waals surface area (Å²) in [5.74, 6) is 0.838. The van der Waals surface area contributed by atoms with Gasteiger partial charge < -0.3 is 4.74 Å². The van der Waals surface area contributed by atoms with E-state index in [9.17, 15) is 0 Å². The van der Waals surface area contributed by atoms with E-state index in [4.69, 9.17) is 4.74 Å². The predicted octanol–water partition coefficient (Wildman–Crippen LogP) is 3.46. The zero-order chi connectivity index (χ0) is 13.2. The molecular weight excluding hydrogens is 236 g/mol. The number of fused-ring (bicyclic) bond motifs is 1. The van der Waals surface area contributed by atoms with E-state index in [1.54, 1.807) is 0 Å². The standard InChI is InChI=1S/C16H16N2O/c1-12-8-9-15(16-14(12)10-18(2)17-16)19-11-13-6-4-3-5-7-13/h3-10H,11H2,1-2H3. The fraction of sp³-hybridized carbons (Fsp3) is 0.188. The van der Waals surface area contributed by atoms with Crippen molar-refractivity contribution in [3.8, 4) is 5.75 Å². The zero-order valence-corrected chi connectivity index (χ0v) is 11.1. The largest absolute Gasteiger partial charge is 0.487 e. The van der Waals surface area contributed by atoms with E-state index in [2.05, 4.69) is 30.2 Å². The summed E-state index contributed by atoms with van der Waals surface area (Å²) in [6.07, 6.45) is 2.03. The number of ether oxygens (including phenoxy) is 1. The van der Waals surface area contributed by atoms with Crippen molar-refractivity contribution in [1.82, 2.24) is 9.78 Å². The number of hydrogen-bond donors (Lipinski definition) is 0. The van der Waals surface area contributed by atoms with Gasteiger partial charge in [0.2, 0.25) is 0 Å². The minimum atomic E-state index is 0.565. The van der Waals surface area contributed by atoms with E-state index in [0.717, 1.165) is 22.2 Å². The molecule has 0 amide bonds. The van der Waals surface area contributed by atoms with Gasteiger partial charge in [-0.15, -0.1) is 0 Å². The van der Waals surface area contributed by atoms with Crippen LogP contribution in [0.1, 0.15) is 11.1 Å². The molecule has 3 heteroatoms. The first kappa shape index (κ1) is 11.8. The molecule has 1 aromatic heterocycles. The lowest BCUT2D eigenvalue weighted by Crippen LogP contribution is -1.96. The van der Waals surface area contributed by atoms with Gasteiger partial charge in [0.15, 0.2) is 0 Å². The van der Waals surface area contributed by atoms with Crippen molar-refractivity contribution in [1.29, 1.82) is 0 Å². The summed E-state index contributed by atoms with van der Waals surface area (Å²) in [6.45, 7) is 2.65. The molecule has 2 aromatic carbocycles. The lowest BCUT2D eigenvalue weighted by Gasteiger charge is -2.07. The van der Waals surface area contributed by atoms with E-state index in [0.29, 0.717) is 6.61 Å². The summed E-state index contributed by atoms with van der Waals surface area (Å²) < 4.78 is 7.72. The van der Waals surface area contributed by atoms with Crippen LogP contribution in [0.5, 0.6) is 5.75 Å². The molecule has 0 bridgehead atoms. The molecule has 3 rings (SSSR count). The third-order valence-electron chi connectivity index (χ3n) is 3.21. The maximum atomic E-state index is 5.90. The average molecular weight is 252 g/mol. The Balaban J connectivity index is 1.91. The van der Waals surface area contributed by atoms with Crippen LogP contribution in [-0.4, -0.2) is 9.78 Å².